The molecule has 0 spiro atoms. The summed E-state index contributed by atoms with van der Waals surface area (Å²) in [6.07, 6.45) is 0. The highest BCUT2D eigenvalue weighted by atomic mass is 35.5. The number of rotatable bonds is 6. The van der Waals surface area contributed by atoms with Crippen molar-refractivity contribution in [3.63, 3.8) is 0 Å². The van der Waals surface area contributed by atoms with Gasteiger partial charge in [0.05, 0.1) is 11.3 Å². The van der Waals surface area contributed by atoms with Gasteiger partial charge in [-0.2, -0.15) is 28.6 Å². The van der Waals surface area contributed by atoms with Gasteiger partial charge in [0.1, 0.15) is 21.0 Å². The summed E-state index contributed by atoms with van der Waals surface area (Å²) in [5.74, 6) is 0.160. The molecule has 0 atom stereocenters. The van der Waals surface area contributed by atoms with Crippen LogP contribution in [0.15, 0.2) is 75.8 Å². The largest absolute Gasteiger partial charge is 0.389 e. The second kappa shape index (κ2) is 10.5. The minimum Gasteiger partial charge on any atom is -0.389 e. The summed E-state index contributed by atoms with van der Waals surface area (Å²) in [4.78, 5) is 11.4. The van der Waals surface area contributed by atoms with Crippen molar-refractivity contribution in [3.8, 4) is 17.2 Å². The maximum absolute atomic E-state index is 11.8. The number of aromatic nitrogens is 3. The van der Waals surface area contributed by atoms with Gasteiger partial charge in [-0.1, -0.05) is 41.7 Å². The zero-order chi connectivity index (χ0) is 27.7. The van der Waals surface area contributed by atoms with Crippen LogP contribution in [0.3, 0.4) is 0 Å². The Morgan fingerprint density at radius 3 is 2.38 bits per heavy atom. The number of nitrogens with two attached hydrogens (primary N) is 1. The number of halogens is 2. The Morgan fingerprint density at radius 1 is 1.00 bits per heavy atom. The van der Waals surface area contributed by atoms with Crippen molar-refractivity contribution in [1.82, 2.24) is 15.0 Å². The molecule has 5 rings (SSSR count). The summed E-state index contributed by atoms with van der Waals surface area (Å²) in [6, 6.07) is 18.5. The molecule has 2 heterocycles. The molecule has 4 N–H and O–H groups in total. The molecule has 5 aromatic rings. The predicted octanol–water partition coefficient (Wildman–Crippen LogP) is 6.92. The smallest absolute Gasteiger partial charge is 0.295 e. The van der Waals surface area contributed by atoms with Gasteiger partial charge in [0.2, 0.25) is 16.5 Å². The minimum absolute atomic E-state index is 0.0582. The molecule has 0 fully saturated rings. The van der Waals surface area contributed by atoms with Crippen LogP contribution in [0.5, 0.6) is 0 Å². The lowest BCUT2D eigenvalue weighted by Crippen LogP contribution is -1.99. The van der Waals surface area contributed by atoms with Crippen molar-refractivity contribution in [2.75, 3.05) is 11.1 Å². The van der Waals surface area contributed by atoms with E-state index in [-0.39, 0.29) is 32.0 Å². The molecule has 11 nitrogen and oxygen atoms in total. The van der Waals surface area contributed by atoms with Gasteiger partial charge in [0.15, 0.2) is 0 Å². The van der Waals surface area contributed by atoms with Gasteiger partial charge in [-0.25, -0.2) is 0 Å². The third kappa shape index (κ3) is 5.65. The summed E-state index contributed by atoms with van der Waals surface area (Å²) in [5.41, 5.74) is 8.44. The van der Waals surface area contributed by atoms with Crippen LogP contribution < -0.4 is 11.1 Å². The summed E-state index contributed by atoms with van der Waals surface area (Å²) < 4.78 is 33.2. The van der Waals surface area contributed by atoms with Gasteiger partial charge in [0.25, 0.3) is 10.1 Å². The van der Waals surface area contributed by atoms with Crippen LogP contribution in [-0.4, -0.2) is 27.9 Å². The first kappa shape index (κ1) is 26.4. The first-order valence-corrected chi connectivity index (χ1v) is 13.8. The number of nitrogens with zero attached hydrogens (tertiary/aromatic N) is 6. The second-order valence-corrected chi connectivity index (χ2v) is 11.0. The van der Waals surface area contributed by atoms with E-state index in [0.29, 0.717) is 38.3 Å². The number of anilines is 3. The molecule has 0 unspecified atom stereocenters. The van der Waals surface area contributed by atoms with Gasteiger partial charge in [-0.3, -0.25) is 4.55 Å². The van der Waals surface area contributed by atoms with Gasteiger partial charge >= 0.3 is 0 Å². The van der Waals surface area contributed by atoms with E-state index in [1.165, 1.54) is 18.2 Å². The van der Waals surface area contributed by atoms with Crippen molar-refractivity contribution in [1.29, 1.82) is 5.26 Å². The number of nitriles is 1. The van der Waals surface area contributed by atoms with Crippen LogP contribution in [0.4, 0.5) is 27.3 Å². The number of nitrogen functional groups attached to an aromatic ring is 1. The molecule has 194 valence electrons. The Morgan fingerprint density at radius 2 is 1.72 bits per heavy atom. The van der Waals surface area contributed by atoms with Crippen LogP contribution in [0.25, 0.3) is 21.9 Å². The van der Waals surface area contributed by atoms with Crippen molar-refractivity contribution in [3.05, 3.63) is 76.8 Å². The average molecular weight is 597 g/mol. The minimum atomic E-state index is -4.44. The Balaban J connectivity index is 1.49. The summed E-state index contributed by atoms with van der Waals surface area (Å²) in [7, 11) is -4.44. The molecule has 0 saturated heterocycles. The zero-order valence-corrected chi connectivity index (χ0v) is 22.5. The summed E-state index contributed by atoms with van der Waals surface area (Å²) in [5, 5.41) is 22.7. The lowest BCUT2D eigenvalue weighted by atomic mass is 10.0. The number of hydrogen-bond donors (Lipinski definition) is 3. The molecule has 0 aliphatic carbocycles. The first-order chi connectivity index (χ1) is 18.6. The second-order valence-electron chi connectivity index (χ2n) is 7.87. The Hall–Kier alpha value is -4.19. The van der Waals surface area contributed by atoms with E-state index in [1.807, 2.05) is 0 Å². The molecule has 0 aliphatic rings. The van der Waals surface area contributed by atoms with Crippen LogP contribution >= 0.6 is 34.5 Å². The van der Waals surface area contributed by atoms with Crippen molar-refractivity contribution < 1.29 is 13.0 Å². The highest BCUT2D eigenvalue weighted by Gasteiger charge is 2.19. The molecular formula is C24H14Cl2N8O3S2. The van der Waals surface area contributed by atoms with E-state index in [2.05, 4.69) is 36.6 Å². The van der Waals surface area contributed by atoms with E-state index in [4.69, 9.17) is 28.9 Å². The number of benzene rings is 3. The molecule has 0 amide bonds. The Labute approximate surface area is 235 Å². The van der Waals surface area contributed by atoms with Gasteiger partial charge in [-0.05, 0) is 64.5 Å². The average Bonchev–Trinajstić information content (AvgIpc) is 3.21. The van der Waals surface area contributed by atoms with Crippen LogP contribution in [-0.2, 0) is 10.1 Å². The van der Waals surface area contributed by atoms with Crippen molar-refractivity contribution >= 4 is 82.8 Å². The molecule has 15 heteroatoms. The zero-order valence-electron chi connectivity index (χ0n) is 19.4. The maximum Gasteiger partial charge on any atom is 0.295 e. The number of thiophene rings is 1. The molecular weight excluding hydrogens is 583 g/mol. The van der Waals surface area contributed by atoms with Gasteiger partial charge in [-0.15, -0.1) is 10.2 Å². The lowest BCUT2D eigenvalue weighted by molar-refractivity contribution is 0.484. The van der Waals surface area contributed by atoms with Gasteiger partial charge < -0.3 is 11.1 Å². The van der Waals surface area contributed by atoms with E-state index < -0.39 is 10.1 Å². The number of fused-ring (bicyclic) bond motifs is 1. The molecule has 39 heavy (non-hydrogen) atoms. The highest BCUT2D eigenvalue weighted by Crippen LogP contribution is 2.45. The quantitative estimate of drug-likeness (QED) is 0.138. The highest BCUT2D eigenvalue weighted by molar-refractivity contribution is 7.86. The van der Waals surface area contributed by atoms with Crippen molar-refractivity contribution in [2.24, 2.45) is 10.2 Å². The van der Waals surface area contributed by atoms with Gasteiger partial charge in [0, 0.05) is 16.6 Å². The van der Waals surface area contributed by atoms with E-state index in [0.717, 1.165) is 11.3 Å². The molecule has 0 aliphatic heterocycles. The Bertz CT molecular complexity index is 1900. The lowest BCUT2D eigenvalue weighted by Gasteiger charge is -2.07. The van der Waals surface area contributed by atoms with Crippen LogP contribution in [0.1, 0.15) is 5.56 Å². The molecule has 0 saturated carbocycles. The summed E-state index contributed by atoms with van der Waals surface area (Å²) >= 11 is 12.7. The normalized spacial score (nSPS) is 11.6. The topological polar surface area (TPSA) is 180 Å². The van der Waals surface area contributed by atoms with Crippen LogP contribution in [0.2, 0.25) is 10.6 Å². The molecule has 3 aromatic carbocycles. The fourth-order valence-corrected chi connectivity index (χ4v) is 5.67. The fraction of sp³-hybridized carbons (Fsp3) is 0. The maximum atomic E-state index is 11.8. The standard InChI is InChI=1S/C24H14Cl2N8O3S2/c25-22-30-23(26)32-24(31-22)29-14-7-5-13(6-8-14)19-17(11-27)20(28)38-21(19)34-33-15-9-4-12-2-1-3-18(16(12)10-15)39(35,36)37/h1-10H,28H2,(H,35,36,37)(H,29,30,31,32). The SMILES string of the molecule is N#Cc1c(N)sc(N=Nc2ccc3cccc(S(=O)(=O)O)c3c2)c1-c1ccc(Nc2nc(Cl)nc(Cl)n2)cc1. The number of hydrogen-bond acceptors (Lipinski definition) is 11. The van der Waals surface area contributed by atoms with E-state index in [9.17, 15) is 18.2 Å². The molecule has 0 bridgehead atoms. The number of azo groups is 1. The molecule has 0 radical (unpaired) electrons. The number of nitrogens with one attached hydrogen (secondary N) is 1. The molecule has 2 aromatic heterocycles. The third-order valence-electron chi connectivity index (χ3n) is 5.40. The third-order valence-corrected chi connectivity index (χ3v) is 7.55. The summed E-state index contributed by atoms with van der Waals surface area (Å²) in [6.45, 7) is 0. The predicted molar refractivity (Wildman–Crippen MR) is 150 cm³/mol. The first-order valence-electron chi connectivity index (χ1n) is 10.8. The van der Waals surface area contributed by atoms with E-state index in [1.54, 1.807) is 42.5 Å². The van der Waals surface area contributed by atoms with Crippen LogP contribution in [0, 0.1) is 11.3 Å². The monoisotopic (exact) mass is 596 g/mol. The van der Waals surface area contributed by atoms with Crippen molar-refractivity contribution in [2.45, 2.75) is 4.90 Å². The van der Waals surface area contributed by atoms with E-state index >= 15 is 0 Å². The Kier molecular flexibility index (Phi) is 7.13. The fourth-order valence-electron chi connectivity index (χ4n) is 3.74.